The first-order chi connectivity index (χ1) is 54.0. The van der Waals surface area contributed by atoms with Gasteiger partial charge < -0.3 is 9.80 Å². The second-order valence-electron chi connectivity index (χ2n) is 42.1. The minimum atomic E-state index is 0. The van der Waals surface area contributed by atoms with Gasteiger partial charge >= 0.3 is 0 Å². The maximum absolute atomic E-state index is 4.50. The summed E-state index contributed by atoms with van der Waals surface area (Å²) in [7, 11) is 0. The number of aromatic nitrogens is 6. The summed E-state index contributed by atoms with van der Waals surface area (Å²) < 4.78 is 0. The van der Waals surface area contributed by atoms with Gasteiger partial charge in [0.1, 0.15) is 5.82 Å². The van der Waals surface area contributed by atoms with Gasteiger partial charge in [-0.3, -0.25) is 24.9 Å². The van der Waals surface area contributed by atoms with E-state index in [2.05, 4.69) is 406 Å². The molecule has 8 heterocycles. The molecule has 1 aliphatic carbocycles. The molecular formula is C110H168N8. The zero-order valence-electron chi connectivity index (χ0n) is 79.2. The van der Waals surface area contributed by atoms with Gasteiger partial charge in [-0.15, -0.1) is 0 Å². The Morgan fingerprint density at radius 3 is 1.13 bits per heavy atom. The molecule has 3 aliphatic rings. The monoisotopic (exact) mass is 1600 g/mol. The van der Waals surface area contributed by atoms with E-state index in [1.165, 1.54) is 167 Å². The zero-order chi connectivity index (χ0) is 86.5. The van der Waals surface area contributed by atoms with Crippen LogP contribution in [0.2, 0.25) is 0 Å². The van der Waals surface area contributed by atoms with E-state index in [0.717, 1.165) is 43.6 Å². The van der Waals surface area contributed by atoms with Gasteiger partial charge in [-0.25, -0.2) is 4.98 Å². The summed E-state index contributed by atoms with van der Waals surface area (Å²) in [4.78, 5) is 31.4. The second kappa shape index (κ2) is 47.2. The van der Waals surface area contributed by atoms with Gasteiger partial charge in [-0.2, -0.15) is 0 Å². The lowest BCUT2D eigenvalue weighted by Gasteiger charge is -2.30. The zero-order valence-corrected chi connectivity index (χ0v) is 79.2. The average Bonchev–Trinajstić information content (AvgIpc) is 1.65. The molecule has 12 rings (SSSR count). The number of nitrogens with zero attached hydrogens (tertiary/aromatic N) is 8. The predicted molar refractivity (Wildman–Crippen MR) is 521 cm³/mol. The van der Waals surface area contributed by atoms with Crippen molar-refractivity contribution in [3.05, 3.63) is 279 Å². The minimum absolute atomic E-state index is 0. The van der Waals surface area contributed by atoms with Crippen LogP contribution in [-0.2, 0) is 80.8 Å². The predicted octanol–water partition coefficient (Wildman–Crippen LogP) is 30.1. The van der Waals surface area contributed by atoms with Crippen molar-refractivity contribution in [3.63, 3.8) is 0 Å². The number of hydrogen-bond acceptors (Lipinski definition) is 8. The standard InChI is InChI=1S/C16H19N.C15H23N.C14H22N2.2C13H21N.C13H16.2C12H19N.2CH4/c1-16(2,3)14-9-10-17-15(12-14)11-13-7-5-4-6-8-13;1-15(2,3)13-8-7-9-14(12-13)16-10-5-4-6-11-16;1-14(2,3)12-7-8-15-13(11-12)16-9-5-4-6-10-16;1-12(2,3)10-7-8-14-11(9-10)13(4,5)6;1-10(2)8-12-9-11(6-7-14-12)13(3,4)5;1-13(2,3)12-9-5-7-10-6-4-8-11(10)12;2*1-5-6-11-9-10(7-8-13-11)12(2,3)4;;/h4-10,12H,11H2,1-3H3;7-9,12H,4-6,10-11H2,1-3H3;7-8,11H,4-6,9-10H2,1-3H3;7-9H,1-6H3;6-7,9-10H,8H2,1-5H3;4-5,7-9H,6H2,1-3H3;2*7-9H,5-6H2,1-4H3;2*1H4. The van der Waals surface area contributed by atoms with Gasteiger partial charge in [0.2, 0.25) is 0 Å². The van der Waals surface area contributed by atoms with E-state index in [-0.39, 0.29) is 63.6 Å². The SMILES string of the molecule is C.C.CC(C)(C)c1cccc(N2CCCCC2)c1.CC(C)(C)c1cccc2c1C=CC2.CC(C)(C)c1ccnc(C(C)(C)C)c1.CC(C)(C)c1ccnc(Cc2ccccc2)c1.CC(C)(C)c1ccnc(N2CCCCC2)c1.CC(C)Cc1cc(C(C)(C)C)ccn1.CCCc1cc(C(C)(C)C)ccn1.CCCc1cc(C(C)(C)C)ccn1. The van der Waals surface area contributed by atoms with Crippen LogP contribution in [-0.4, -0.2) is 56.1 Å². The van der Waals surface area contributed by atoms with Crippen molar-refractivity contribution in [3.8, 4) is 0 Å². The molecule has 648 valence electrons. The van der Waals surface area contributed by atoms with Crippen LogP contribution in [0.1, 0.15) is 371 Å². The number of aryl methyl sites for hydroxylation is 2. The van der Waals surface area contributed by atoms with Gasteiger partial charge in [0.25, 0.3) is 0 Å². The minimum Gasteiger partial charge on any atom is -0.372 e. The van der Waals surface area contributed by atoms with Crippen molar-refractivity contribution in [2.75, 3.05) is 36.0 Å². The highest BCUT2D eigenvalue weighted by molar-refractivity contribution is 5.64. The third-order valence-corrected chi connectivity index (χ3v) is 21.3. The van der Waals surface area contributed by atoms with Crippen LogP contribution < -0.4 is 9.80 Å². The first-order valence-corrected chi connectivity index (χ1v) is 44.2. The number of pyridine rings is 6. The fourth-order valence-corrected chi connectivity index (χ4v) is 13.8. The summed E-state index contributed by atoms with van der Waals surface area (Å²) in [5.41, 5.74) is 24.7. The molecule has 0 N–H and O–H groups in total. The summed E-state index contributed by atoms with van der Waals surface area (Å²) in [6.45, 7) is 74.1. The van der Waals surface area contributed by atoms with Crippen LogP contribution in [0.25, 0.3) is 6.08 Å². The van der Waals surface area contributed by atoms with Crippen LogP contribution >= 0.6 is 0 Å². The fraction of sp³-hybridized carbons (Fsp3) is 0.545. The topological polar surface area (TPSA) is 83.8 Å². The van der Waals surface area contributed by atoms with Crippen molar-refractivity contribution < 1.29 is 0 Å². The van der Waals surface area contributed by atoms with E-state index in [1.54, 1.807) is 0 Å². The van der Waals surface area contributed by atoms with E-state index in [9.17, 15) is 0 Å². The quantitative estimate of drug-likeness (QED) is 0.134. The van der Waals surface area contributed by atoms with E-state index in [0.29, 0.717) is 5.92 Å². The Labute approximate surface area is 725 Å². The lowest BCUT2D eigenvalue weighted by Crippen LogP contribution is -2.30. The van der Waals surface area contributed by atoms with Crippen LogP contribution in [0.15, 0.2) is 189 Å². The molecule has 8 nitrogen and oxygen atoms in total. The first-order valence-electron chi connectivity index (χ1n) is 44.2. The molecule has 8 heteroatoms. The van der Waals surface area contributed by atoms with Gasteiger partial charge in [-0.1, -0.05) is 315 Å². The fourth-order valence-electron chi connectivity index (χ4n) is 13.8. The Morgan fingerprint density at radius 1 is 0.331 bits per heavy atom. The van der Waals surface area contributed by atoms with E-state index < -0.39 is 0 Å². The summed E-state index contributed by atoms with van der Waals surface area (Å²) in [5.74, 6) is 1.84. The largest absolute Gasteiger partial charge is 0.372 e. The molecule has 0 bridgehead atoms. The number of fused-ring (bicyclic) bond motifs is 1. The van der Waals surface area contributed by atoms with E-state index >= 15 is 0 Å². The lowest BCUT2D eigenvalue weighted by atomic mass is 9.83. The number of piperidine rings is 2. The molecular weight excluding hydrogens is 1430 g/mol. The van der Waals surface area contributed by atoms with Crippen molar-refractivity contribution in [1.82, 2.24) is 29.9 Å². The summed E-state index contributed by atoms with van der Waals surface area (Å²) in [6.07, 6.45) is 31.7. The molecule has 9 aromatic rings. The lowest BCUT2D eigenvalue weighted by molar-refractivity contribution is 0.552. The van der Waals surface area contributed by atoms with Crippen molar-refractivity contribution in [1.29, 1.82) is 0 Å². The van der Waals surface area contributed by atoms with Crippen LogP contribution in [0, 0.1) is 5.92 Å². The number of rotatable bonds is 10. The Bertz CT molecular complexity index is 4190. The smallest absolute Gasteiger partial charge is 0.128 e. The normalized spacial score (nSPS) is 13.6. The Balaban J connectivity index is 0.000000349. The molecule has 0 saturated carbocycles. The van der Waals surface area contributed by atoms with E-state index in [4.69, 9.17) is 0 Å². The summed E-state index contributed by atoms with van der Waals surface area (Å²) >= 11 is 0. The maximum Gasteiger partial charge on any atom is 0.128 e. The Hall–Kier alpha value is -8.10. The van der Waals surface area contributed by atoms with E-state index in [1.807, 2.05) is 43.2 Å². The Kier molecular flexibility index (Phi) is 41.6. The average molecular weight is 1600 g/mol. The molecule has 0 unspecified atom stereocenters. The summed E-state index contributed by atoms with van der Waals surface area (Å²) in [6, 6.07) is 52.2. The molecule has 3 aromatic carbocycles. The molecule has 0 atom stereocenters. The van der Waals surface area contributed by atoms with Gasteiger partial charge in [-0.05, 0) is 260 Å². The number of benzene rings is 3. The van der Waals surface area contributed by atoms with Crippen molar-refractivity contribution in [2.45, 2.75) is 362 Å². The van der Waals surface area contributed by atoms with Crippen molar-refractivity contribution in [2.24, 2.45) is 5.92 Å². The van der Waals surface area contributed by atoms with Crippen LogP contribution in [0.4, 0.5) is 11.5 Å². The highest BCUT2D eigenvalue weighted by Gasteiger charge is 2.25. The van der Waals surface area contributed by atoms with Crippen molar-refractivity contribution >= 4 is 17.6 Å². The third-order valence-electron chi connectivity index (χ3n) is 21.3. The first kappa shape index (κ1) is 104. The number of anilines is 2. The highest BCUT2D eigenvalue weighted by Crippen LogP contribution is 2.35. The summed E-state index contributed by atoms with van der Waals surface area (Å²) in [5, 5.41) is 0. The van der Waals surface area contributed by atoms with Gasteiger partial charge in [0, 0.05) is 109 Å². The molecule has 0 radical (unpaired) electrons. The third kappa shape index (κ3) is 37.3. The van der Waals surface area contributed by atoms with Gasteiger partial charge in [0.15, 0.2) is 0 Å². The highest BCUT2D eigenvalue weighted by atomic mass is 15.2. The molecule has 2 saturated heterocycles. The molecule has 6 aromatic heterocycles. The molecule has 0 spiro atoms. The van der Waals surface area contributed by atoms with Crippen LogP contribution in [0.5, 0.6) is 0 Å². The maximum atomic E-state index is 4.50. The number of hydrogen-bond donors (Lipinski definition) is 0. The second-order valence-corrected chi connectivity index (χ2v) is 42.1. The van der Waals surface area contributed by atoms with Crippen LogP contribution in [0.3, 0.4) is 0 Å². The number of allylic oxidation sites excluding steroid dienone is 1. The Morgan fingerprint density at radius 2 is 0.703 bits per heavy atom. The molecule has 0 amide bonds. The molecule has 2 aliphatic heterocycles. The van der Waals surface area contributed by atoms with Gasteiger partial charge in [0.05, 0.1) is 0 Å². The molecule has 118 heavy (non-hydrogen) atoms. The molecule has 2 fully saturated rings.